The molecular weight excluding hydrogens is 522 g/mol. The molecule has 8 heteroatoms. The number of benzene rings is 3. The summed E-state index contributed by atoms with van der Waals surface area (Å²) in [7, 11) is 0. The summed E-state index contributed by atoms with van der Waals surface area (Å²) >= 11 is 1.55. The first-order valence-corrected chi connectivity index (χ1v) is 14.6. The van der Waals surface area contributed by atoms with E-state index >= 15 is 0 Å². The lowest BCUT2D eigenvalue weighted by Gasteiger charge is -2.26. The molecule has 206 valence electrons. The van der Waals surface area contributed by atoms with Gasteiger partial charge in [0.1, 0.15) is 10.7 Å². The number of nitrogens with zero attached hydrogens (tertiary/aromatic N) is 3. The molecule has 2 aliphatic heterocycles. The molecule has 0 aliphatic carbocycles. The molecule has 0 unspecified atom stereocenters. The van der Waals surface area contributed by atoms with Gasteiger partial charge in [0, 0.05) is 30.9 Å². The molecule has 7 nitrogen and oxygen atoms in total. The summed E-state index contributed by atoms with van der Waals surface area (Å²) in [6.07, 6.45) is 0.948. The second-order valence-corrected chi connectivity index (χ2v) is 11.0. The summed E-state index contributed by atoms with van der Waals surface area (Å²) in [6, 6.07) is 27.6. The number of carbonyl (C=O) groups is 1. The van der Waals surface area contributed by atoms with Crippen LogP contribution in [0.15, 0.2) is 84.2 Å². The van der Waals surface area contributed by atoms with E-state index in [0.717, 1.165) is 41.6 Å². The second kappa shape index (κ2) is 12.6. The van der Waals surface area contributed by atoms with E-state index in [0.29, 0.717) is 38.5 Å². The molecule has 1 fully saturated rings. The summed E-state index contributed by atoms with van der Waals surface area (Å²) in [4.78, 5) is 22.0. The van der Waals surface area contributed by atoms with Crippen LogP contribution in [0.4, 0.5) is 0 Å². The molecule has 0 radical (unpaired) electrons. The maximum Gasteiger partial charge on any atom is 0.273 e. The fraction of sp³-hybridized carbons (Fsp3) is 0.312. The molecule has 0 N–H and O–H groups in total. The van der Waals surface area contributed by atoms with Gasteiger partial charge in [-0.3, -0.25) is 9.69 Å². The van der Waals surface area contributed by atoms with Crippen LogP contribution >= 0.6 is 11.3 Å². The number of thiazole rings is 1. The van der Waals surface area contributed by atoms with Gasteiger partial charge in [-0.05, 0) is 41.8 Å². The van der Waals surface area contributed by atoms with Crippen LogP contribution in [0.3, 0.4) is 0 Å². The molecule has 3 aromatic carbocycles. The van der Waals surface area contributed by atoms with E-state index in [9.17, 15) is 4.79 Å². The van der Waals surface area contributed by atoms with Crippen molar-refractivity contribution in [2.45, 2.75) is 25.4 Å². The van der Waals surface area contributed by atoms with Gasteiger partial charge in [0.05, 0.1) is 19.8 Å². The van der Waals surface area contributed by atoms with Crippen molar-refractivity contribution in [3.05, 3.63) is 112 Å². The number of aromatic nitrogens is 1. The van der Waals surface area contributed by atoms with Crippen molar-refractivity contribution in [2.24, 2.45) is 0 Å². The minimum absolute atomic E-state index is 0.0126. The summed E-state index contributed by atoms with van der Waals surface area (Å²) in [5.74, 6) is 1.84. The Morgan fingerprint density at radius 2 is 1.60 bits per heavy atom. The predicted molar refractivity (Wildman–Crippen MR) is 155 cm³/mol. The van der Waals surface area contributed by atoms with Crippen molar-refractivity contribution in [2.75, 3.05) is 39.6 Å². The number of amides is 1. The van der Waals surface area contributed by atoms with E-state index in [1.54, 1.807) is 11.3 Å². The first kappa shape index (κ1) is 26.5. The third kappa shape index (κ3) is 6.36. The van der Waals surface area contributed by atoms with Gasteiger partial charge in [0.25, 0.3) is 5.91 Å². The molecule has 1 saturated heterocycles. The third-order valence-corrected chi connectivity index (χ3v) is 8.24. The van der Waals surface area contributed by atoms with Crippen LogP contribution in [0.2, 0.25) is 0 Å². The molecule has 40 heavy (non-hydrogen) atoms. The SMILES string of the molecule is O=C(c1csc(CN(CCC(c2ccccc2)c2ccccc2)Cc2ccc3c(c2)OCO3)n1)N1CCOCC1. The summed E-state index contributed by atoms with van der Waals surface area (Å²) < 4.78 is 16.6. The molecule has 2 aliphatic rings. The molecule has 3 heterocycles. The fourth-order valence-corrected chi connectivity index (χ4v) is 6.13. The lowest BCUT2D eigenvalue weighted by Crippen LogP contribution is -2.40. The predicted octanol–water partition coefficient (Wildman–Crippen LogP) is 5.57. The summed E-state index contributed by atoms with van der Waals surface area (Å²) in [5.41, 5.74) is 4.30. The number of fused-ring (bicyclic) bond motifs is 1. The Morgan fingerprint density at radius 1 is 0.900 bits per heavy atom. The number of morpholine rings is 1. The van der Waals surface area contributed by atoms with Gasteiger partial charge in [-0.25, -0.2) is 4.98 Å². The van der Waals surface area contributed by atoms with Crippen molar-refractivity contribution in [3.63, 3.8) is 0 Å². The molecule has 0 atom stereocenters. The maximum absolute atomic E-state index is 13.0. The molecule has 6 rings (SSSR count). The van der Waals surface area contributed by atoms with Crippen LogP contribution in [0.5, 0.6) is 11.5 Å². The monoisotopic (exact) mass is 555 g/mol. The van der Waals surface area contributed by atoms with Gasteiger partial charge in [-0.15, -0.1) is 11.3 Å². The molecule has 4 aromatic rings. The first-order chi connectivity index (χ1) is 19.7. The van der Waals surface area contributed by atoms with Crippen LogP contribution in [-0.2, 0) is 17.8 Å². The Kier molecular flexibility index (Phi) is 8.37. The normalized spacial score (nSPS) is 14.7. The first-order valence-electron chi connectivity index (χ1n) is 13.7. The van der Waals surface area contributed by atoms with Crippen LogP contribution in [0, 0.1) is 0 Å². The lowest BCUT2D eigenvalue weighted by molar-refractivity contribution is 0.0299. The quantitative estimate of drug-likeness (QED) is 0.255. The van der Waals surface area contributed by atoms with Crippen LogP contribution in [0.25, 0.3) is 0 Å². The smallest absolute Gasteiger partial charge is 0.273 e. The third-order valence-electron chi connectivity index (χ3n) is 7.41. The highest BCUT2D eigenvalue weighted by Crippen LogP contribution is 2.34. The van der Waals surface area contributed by atoms with Gasteiger partial charge in [0.2, 0.25) is 6.79 Å². The Hall–Kier alpha value is -3.72. The van der Waals surface area contributed by atoms with E-state index in [-0.39, 0.29) is 18.6 Å². The molecule has 0 spiro atoms. The topological polar surface area (TPSA) is 64.1 Å². The zero-order chi connectivity index (χ0) is 27.1. The van der Waals surface area contributed by atoms with Gasteiger partial charge in [0.15, 0.2) is 11.5 Å². The minimum atomic E-state index is -0.0126. The van der Waals surface area contributed by atoms with Crippen LogP contribution < -0.4 is 9.47 Å². The number of ether oxygens (including phenoxy) is 3. The zero-order valence-electron chi connectivity index (χ0n) is 22.4. The fourth-order valence-electron chi connectivity index (χ4n) is 5.32. The highest BCUT2D eigenvalue weighted by molar-refractivity contribution is 7.09. The lowest BCUT2D eigenvalue weighted by atomic mass is 9.88. The van der Waals surface area contributed by atoms with Crippen molar-refractivity contribution < 1.29 is 19.0 Å². The van der Waals surface area contributed by atoms with E-state index in [1.807, 2.05) is 16.3 Å². The van der Waals surface area contributed by atoms with Crippen molar-refractivity contribution >= 4 is 17.2 Å². The number of hydrogen-bond acceptors (Lipinski definition) is 7. The molecule has 0 bridgehead atoms. The Morgan fingerprint density at radius 3 is 2.33 bits per heavy atom. The van der Waals surface area contributed by atoms with Crippen LogP contribution in [-0.4, -0.2) is 60.3 Å². The van der Waals surface area contributed by atoms with E-state index in [2.05, 4.69) is 77.7 Å². The second-order valence-electron chi connectivity index (χ2n) is 10.1. The Bertz CT molecular complexity index is 1370. The molecule has 1 aromatic heterocycles. The number of carbonyl (C=O) groups excluding carboxylic acids is 1. The van der Waals surface area contributed by atoms with Crippen molar-refractivity contribution in [1.29, 1.82) is 0 Å². The minimum Gasteiger partial charge on any atom is -0.454 e. The standard InChI is InChI=1S/C32H33N3O4S/c36-32(35-15-17-37-18-16-35)28-22-40-31(33-28)21-34(20-24-11-12-29-30(19-24)39-23-38-29)14-13-27(25-7-3-1-4-8-25)26-9-5-2-6-10-26/h1-12,19,22,27H,13-18,20-21,23H2. The van der Waals surface area contributed by atoms with Crippen molar-refractivity contribution in [1.82, 2.24) is 14.8 Å². The highest BCUT2D eigenvalue weighted by atomic mass is 32.1. The van der Waals surface area contributed by atoms with Gasteiger partial charge < -0.3 is 19.1 Å². The van der Waals surface area contributed by atoms with E-state index in [4.69, 9.17) is 19.2 Å². The number of rotatable bonds is 10. The van der Waals surface area contributed by atoms with Gasteiger partial charge in [-0.1, -0.05) is 66.7 Å². The molecular formula is C32H33N3O4S. The van der Waals surface area contributed by atoms with Crippen molar-refractivity contribution in [3.8, 4) is 11.5 Å². The highest BCUT2D eigenvalue weighted by Gasteiger charge is 2.23. The average Bonchev–Trinajstić information content (AvgIpc) is 3.68. The number of hydrogen-bond donors (Lipinski definition) is 0. The summed E-state index contributed by atoms with van der Waals surface area (Å²) in [6.45, 7) is 4.90. The van der Waals surface area contributed by atoms with Crippen LogP contribution in [0.1, 0.15) is 44.5 Å². The summed E-state index contributed by atoms with van der Waals surface area (Å²) in [5, 5.41) is 2.83. The molecule has 0 saturated carbocycles. The molecule has 1 amide bonds. The van der Waals surface area contributed by atoms with E-state index in [1.165, 1.54) is 11.1 Å². The van der Waals surface area contributed by atoms with E-state index < -0.39 is 0 Å². The van der Waals surface area contributed by atoms with Gasteiger partial charge in [-0.2, -0.15) is 0 Å². The maximum atomic E-state index is 13.0. The Labute approximate surface area is 238 Å². The zero-order valence-corrected chi connectivity index (χ0v) is 23.2. The average molecular weight is 556 g/mol. The largest absolute Gasteiger partial charge is 0.454 e. The Balaban J connectivity index is 1.21. The van der Waals surface area contributed by atoms with Gasteiger partial charge >= 0.3 is 0 Å².